The molecular formula is C27H25F3N2O9. The average Bonchev–Trinajstić information content (AvgIpc) is 3.77. The Balaban J connectivity index is 1.59. The van der Waals surface area contributed by atoms with Crippen LogP contribution in [0.3, 0.4) is 0 Å². The Labute approximate surface area is 231 Å². The predicted octanol–water partition coefficient (Wildman–Crippen LogP) is 4.16. The molecule has 41 heavy (non-hydrogen) atoms. The van der Waals surface area contributed by atoms with Crippen LogP contribution in [0.2, 0.25) is 0 Å². The first-order valence-corrected chi connectivity index (χ1v) is 12.3. The maximum Gasteiger partial charge on any atom is 0.430 e. The predicted molar refractivity (Wildman–Crippen MR) is 136 cm³/mol. The van der Waals surface area contributed by atoms with Gasteiger partial charge in [0.15, 0.2) is 11.5 Å². The molecule has 1 fully saturated rings. The number of ether oxygens (including phenoxy) is 5. The van der Waals surface area contributed by atoms with E-state index in [1.165, 1.54) is 12.1 Å². The number of nitro benzene ring substituents is 1. The SMILES string of the molecule is COC(=O)C1C(C(F)(F)F)=NC(C)=C(C(=O)OCCOc2ccccc2OCC2CO2)C1c1cccc([N+](=O)[O-])c1. The largest absolute Gasteiger partial charge is 0.487 e. The number of carbonyl (C=O) groups is 2. The number of hydrogen-bond acceptors (Lipinski definition) is 10. The van der Waals surface area contributed by atoms with Crippen molar-refractivity contribution >= 4 is 23.3 Å². The highest BCUT2D eigenvalue weighted by Gasteiger charge is 2.52. The highest BCUT2D eigenvalue weighted by atomic mass is 19.4. The fourth-order valence-corrected chi connectivity index (χ4v) is 4.34. The van der Waals surface area contributed by atoms with Crippen LogP contribution in [0, 0.1) is 16.0 Å². The lowest BCUT2D eigenvalue weighted by atomic mass is 9.75. The Kier molecular flexibility index (Phi) is 8.91. The van der Waals surface area contributed by atoms with Crippen molar-refractivity contribution in [1.82, 2.24) is 0 Å². The molecule has 0 aliphatic carbocycles. The zero-order chi connectivity index (χ0) is 29.7. The number of epoxide rings is 1. The first kappa shape index (κ1) is 29.5. The molecule has 0 saturated carbocycles. The normalized spacial score (nSPS) is 20.1. The third-order valence-electron chi connectivity index (χ3n) is 6.27. The Morgan fingerprint density at radius 2 is 1.78 bits per heavy atom. The lowest BCUT2D eigenvalue weighted by Gasteiger charge is -2.32. The van der Waals surface area contributed by atoms with Crippen molar-refractivity contribution in [2.75, 3.05) is 33.5 Å². The second-order valence-electron chi connectivity index (χ2n) is 9.02. The number of hydrogen-bond donors (Lipinski definition) is 0. The van der Waals surface area contributed by atoms with Crippen molar-refractivity contribution in [2.45, 2.75) is 25.1 Å². The number of carbonyl (C=O) groups excluding carboxylic acids is 2. The topological polar surface area (TPSA) is 139 Å². The highest BCUT2D eigenvalue weighted by molar-refractivity contribution is 6.10. The molecule has 2 aliphatic heterocycles. The van der Waals surface area contributed by atoms with Crippen LogP contribution in [0.25, 0.3) is 0 Å². The van der Waals surface area contributed by atoms with Crippen LogP contribution in [-0.2, 0) is 23.8 Å². The zero-order valence-electron chi connectivity index (χ0n) is 21.9. The molecule has 3 unspecified atom stereocenters. The van der Waals surface area contributed by atoms with Gasteiger partial charge in [0.25, 0.3) is 5.69 Å². The fraction of sp³-hybridized carbons (Fsp3) is 0.370. The molecule has 0 radical (unpaired) electrons. The van der Waals surface area contributed by atoms with E-state index in [0.29, 0.717) is 24.7 Å². The first-order valence-electron chi connectivity index (χ1n) is 12.3. The van der Waals surface area contributed by atoms with E-state index in [1.807, 2.05) is 0 Å². The monoisotopic (exact) mass is 578 g/mol. The summed E-state index contributed by atoms with van der Waals surface area (Å²) in [4.78, 5) is 40.2. The van der Waals surface area contributed by atoms with Crippen LogP contribution in [0.15, 0.2) is 64.8 Å². The molecule has 218 valence electrons. The summed E-state index contributed by atoms with van der Waals surface area (Å²) in [6, 6.07) is 11.4. The molecule has 2 aromatic carbocycles. The van der Waals surface area contributed by atoms with Crippen LogP contribution in [-0.4, -0.2) is 68.4 Å². The Hall–Kier alpha value is -4.46. The molecule has 4 rings (SSSR count). The summed E-state index contributed by atoms with van der Waals surface area (Å²) < 4.78 is 68.4. The minimum Gasteiger partial charge on any atom is -0.487 e. The van der Waals surface area contributed by atoms with E-state index in [2.05, 4.69) is 9.73 Å². The summed E-state index contributed by atoms with van der Waals surface area (Å²) in [5, 5.41) is 11.4. The summed E-state index contributed by atoms with van der Waals surface area (Å²) >= 11 is 0. The standard InChI is InChI=1S/C27H25F3N2O9/c1-15-21(26(34)39-11-10-38-19-8-3-4-9-20(19)41-14-18-13-40-18)22(16-6-5-7-17(12-16)32(35)36)23(25(33)37-2)24(31-15)27(28,29)30/h3-9,12,18,22-23H,10-11,13-14H2,1-2H3. The minimum absolute atomic E-state index is 0.0179. The van der Waals surface area contributed by atoms with Crippen molar-refractivity contribution in [1.29, 1.82) is 0 Å². The number of esters is 2. The number of nitro groups is 1. The maximum absolute atomic E-state index is 14.0. The number of aliphatic imine (C=N–C) groups is 1. The van der Waals surface area contributed by atoms with Crippen LogP contribution in [0.4, 0.5) is 18.9 Å². The second-order valence-corrected chi connectivity index (χ2v) is 9.02. The van der Waals surface area contributed by atoms with Crippen LogP contribution < -0.4 is 9.47 Å². The zero-order valence-corrected chi connectivity index (χ0v) is 21.9. The van der Waals surface area contributed by atoms with E-state index in [4.69, 9.17) is 18.9 Å². The number of rotatable bonds is 11. The molecule has 0 spiro atoms. The molecule has 11 nitrogen and oxygen atoms in total. The molecular weight excluding hydrogens is 553 g/mol. The first-order chi connectivity index (χ1) is 19.5. The summed E-state index contributed by atoms with van der Waals surface area (Å²) in [7, 11) is 0.889. The van der Waals surface area contributed by atoms with Gasteiger partial charge in [0.1, 0.15) is 37.6 Å². The smallest absolute Gasteiger partial charge is 0.430 e. The fourth-order valence-electron chi connectivity index (χ4n) is 4.34. The third kappa shape index (κ3) is 7.01. The van der Waals surface area contributed by atoms with Crippen molar-refractivity contribution in [3.8, 4) is 11.5 Å². The number of para-hydroxylation sites is 2. The van der Waals surface area contributed by atoms with Gasteiger partial charge in [-0.15, -0.1) is 0 Å². The average molecular weight is 578 g/mol. The Bertz CT molecular complexity index is 1390. The van der Waals surface area contributed by atoms with Gasteiger partial charge < -0.3 is 23.7 Å². The summed E-state index contributed by atoms with van der Waals surface area (Å²) in [6.45, 7) is 1.64. The van der Waals surface area contributed by atoms with Gasteiger partial charge >= 0.3 is 18.1 Å². The quantitative estimate of drug-likeness (QED) is 0.126. The number of allylic oxidation sites excluding steroid dienone is 1. The number of nitrogens with zero attached hydrogens (tertiary/aromatic N) is 2. The summed E-state index contributed by atoms with van der Waals surface area (Å²) in [6.07, 6.45) is -5.05. The second kappa shape index (κ2) is 12.4. The molecule has 0 N–H and O–H groups in total. The number of non-ortho nitro benzene ring substituents is 1. The summed E-state index contributed by atoms with van der Waals surface area (Å²) in [5.74, 6) is -5.34. The molecule has 0 aromatic heterocycles. The lowest BCUT2D eigenvalue weighted by molar-refractivity contribution is -0.384. The van der Waals surface area contributed by atoms with Crippen molar-refractivity contribution in [3.05, 3.63) is 75.5 Å². The summed E-state index contributed by atoms with van der Waals surface area (Å²) in [5.41, 5.74) is -2.77. The molecule has 14 heteroatoms. The van der Waals surface area contributed by atoms with Gasteiger partial charge in [0, 0.05) is 23.7 Å². The lowest BCUT2D eigenvalue weighted by Crippen LogP contribution is -2.43. The maximum atomic E-state index is 14.0. The van der Waals surface area contributed by atoms with Gasteiger partial charge in [0.2, 0.25) is 0 Å². The Morgan fingerprint density at radius 1 is 1.10 bits per heavy atom. The van der Waals surface area contributed by atoms with Crippen LogP contribution in [0.1, 0.15) is 18.4 Å². The van der Waals surface area contributed by atoms with E-state index in [1.54, 1.807) is 24.3 Å². The molecule has 2 aliphatic rings. The Morgan fingerprint density at radius 3 is 2.39 bits per heavy atom. The van der Waals surface area contributed by atoms with E-state index in [9.17, 15) is 32.9 Å². The number of alkyl halides is 3. The number of benzene rings is 2. The molecule has 1 saturated heterocycles. The number of halogens is 3. The van der Waals surface area contributed by atoms with Crippen LogP contribution in [0.5, 0.6) is 11.5 Å². The molecule has 2 heterocycles. The molecule has 0 amide bonds. The van der Waals surface area contributed by atoms with Crippen molar-refractivity contribution in [2.24, 2.45) is 10.9 Å². The molecule has 2 aromatic rings. The van der Waals surface area contributed by atoms with Gasteiger partial charge in [-0.25, -0.2) is 4.79 Å². The van der Waals surface area contributed by atoms with Crippen molar-refractivity contribution < 1.29 is 51.4 Å². The number of methoxy groups -OCH3 is 1. The van der Waals surface area contributed by atoms with Gasteiger partial charge in [-0.05, 0) is 24.6 Å². The van der Waals surface area contributed by atoms with Gasteiger partial charge in [-0.1, -0.05) is 24.3 Å². The van der Waals surface area contributed by atoms with E-state index in [-0.39, 0.29) is 36.2 Å². The highest BCUT2D eigenvalue weighted by Crippen LogP contribution is 2.44. The minimum atomic E-state index is -5.07. The third-order valence-corrected chi connectivity index (χ3v) is 6.27. The molecule has 0 bridgehead atoms. The van der Waals surface area contributed by atoms with Gasteiger partial charge in [0.05, 0.1) is 24.2 Å². The van der Waals surface area contributed by atoms with Crippen LogP contribution >= 0.6 is 0 Å². The van der Waals surface area contributed by atoms with Crippen molar-refractivity contribution in [3.63, 3.8) is 0 Å². The van der Waals surface area contributed by atoms with E-state index < -0.39 is 46.3 Å². The van der Waals surface area contributed by atoms with Gasteiger partial charge in [-0.2, -0.15) is 13.2 Å². The molecule has 3 atom stereocenters. The van der Waals surface area contributed by atoms with E-state index in [0.717, 1.165) is 26.2 Å². The van der Waals surface area contributed by atoms with E-state index >= 15 is 0 Å². The van der Waals surface area contributed by atoms with Gasteiger partial charge in [-0.3, -0.25) is 19.9 Å².